The molecule has 0 saturated carbocycles. The van der Waals surface area contributed by atoms with E-state index >= 15 is 0 Å². The lowest BCUT2D eigenvalue weighted by atomic mass is 10.0. The second kappa shape index (κ2) is 10.4. The van der Waals surface area contributed by atoms with Gasteiger partial charge in [0.05, 0.1) is 20.3 Å². The molecular weight excluding hydrogens is 264 g/mol. The molecule has 1 atom stereocenters. The molecule has 118 valence electrons. The summed E-state index contributed by atoms with van der Waals surface area (Å²) in [5, 5.41) is 8.97. The number of benzene rings is 1. The lowest BCUT2D eigenvalue weighted by Crippen LogP contribution is -2.00. The van der Waals surface area contributed by atoms with Gasteiger partial charge in [-0.2, -0.15) is 0 Å². The SMILES string of the molecule is COc1ccc(COC/C=C(\C)CCC[C@@H](C)CO)cc1. The van der Waals surface area contributed by atoms with E-state index in [1.165, 1.54) is 5.57 Å². The van der Waals surface area contributed by atoms with Crippen molar-refractivity contribution in [2.45, 2.75) is 39.7 Å². The number of methoxy groups -OCH3 is 1. The van der Waals surface area contributed by atoms with Gasteiger partial charge in [-0.15, -0.1) is 0 Å². The van der Waals surface area contributed by atoms with Crippen molar-refractivity contribution in [3.05, 3.63) is 41.5 Å². The van der Waals surface area contributed by atoms with Crippen LogP contribution in [0, 0.1) is 5.92 Å². The maximum Gasteiger partial charge on any atom is 0.118 e. The van der Waals surface area contributed by atoms with E-state index in [2.05, 4.69) is 19.9 Å². The molecule has 0 heterocycles. The van der Waals surface area contributed by atoms with E-state index in [-0.39, 0.29) is 6.61 Å². The quantitative estimate of drug-likeness (QED) is 0.524. The fourth-order valence-corrected chi connectivity index (χ4v) is 2.02. The third-order valence-corrected chi connectivity index (χ3v) is 3.56. The predicted octanol–water partition coefficient (Wildman–Crippen LogP) is 3.96. The highest BCUT2D eigenvalue weighted by Crippen LogP contribution is 2.13. The van der Waals surface area contributed by atoms with Crippen molar-refractivity contribution in [1.29, 1.82) is 0 Å². The van der Waals surface area contributed by atoms with E-state index in [0.717, 1.165) is 30.6 Å². The highest BCUT2D eigenvalue weighted by Gasteiger charge is 2.00. The van der Waals surface area contributed by atoms with Gasteiger partial charge < -0.3 is 14.6 Å². The highest BCUT2D eigenvalue weighted by atomic mass is 16.5. The van der Waals surface area contributed by atoms with Gasteiger partial charge in [-0.1, -0.05) is 30.7 Å². The molecule has 1 N–H and O–H groups in total. The Morgan fingerprint density at radius 1 is 1.29 bits per heavy atom. The minimum absolute atomic E-state index is 0.285. The first-order valence-electron chi connectivity index (χ1n) is 7.63. The normalized spacial score (nSPS) is 13.2. The average molecular weight is 292 g/mol. The number of rotatable bonds is 10. The van der Waals surface area contributed by atoms with Crippen LogP contribution in [-0.2, 0) is 11.3 Å². The zero-order valence-electron chi connectivity index (χ0n) is 13.5. The van der Waals surface area contributed by atoms with Crippen LogP contribution in [-0.4, -0.2) is 25.4 Å². The molecule has 0 unspecified atom stereocenters. The molecule has 3 heteroatoms. The maximum atomic E-state index is 8.97. The first kappa shape index (κ1) is 17.7. The summed E-state index contributed by atoms with van der Waals surface area (Å²) in [6.07, 6.45) is 5.43. The van der Waals surface area contributed by atoms with Gasteiger partial charge in [-0.25, -0.2) is 0 Å². The summed E-state index contributed by atoms with van der Waals surface area (Å²) in [6, 6.07) is 7.93. The fraction of sp³-hybridized carbons (Fsp3) is 0.556. The Morgan fingerprint density at radius 2 is 2.00 bits per heavy atom. The topological polar surface area (TPSA) is 38.7 Å². The number of allylic oxidation sites excluding steroid dienone is 1. The summed E-state index contributed by atoms with van der Waals surface area (Å²) in [5.41, 5.74) is 2.51. The molecule has 0 amide bonds. The molecule has 1 rings (SSSR count). The molecular formula is C18H28O3. The number of aliphatic hydroxyl groups is 1. The van der Waals surface area contributed by atoms with Gasteiger partial charge in [0.15, 0.2) is 0 Å². The van der Waals surface area contributed by atoms with Gasteiger partial charge >= 0.3 is 0 Å². The third-order valence-electron chi connectivity index (χ3n) is 3.56. The van der Waals surface area contributed by atoms with E-state index in [1.54, 1.807) is 7.11 Å². The molecule has 1 aromatic carbocycles. The maximum absolute atomic E-state index is 8.97. The first-order valence-corrected chi connectivity index (χ1v) is 7.63. The Balaban J connectivity index is 2.17. The molecule has 0 bridgehead atoms. The monoisotopic (exact) mass is 292 g/mol. The second-order valence-electron chi connectivity index (χ2n) is 5.59. The van der Waals surface area contributed by atoms with Crippen LogP contribution < -0.4 is 4.74 Å². The van der Waals surface area contributed by atoms with E-state index in [9.17, 15) is 0 Å². The average Bonchev–Trinajstić information content (AvgIpc) is 2.52. The molecule has 0 aliphatic carbocycles. The van der Waals surface area contributed by atoms with Crippen LogP contribution in [0.2, 0.25) is 0 Å². The van der Waals surface area contributed by atoms with Crippen molar-refractivity contribution in [3.63, 3.8) is 0 Å². The summed E-state index contributed by atoms with van der Waals surface area (Å²) in [7, 11) is 1.67. The van der Waals surface area contributed by atoms with Gasteiger partial charge in [0.25, 0.3) is 0 Å². The van der Waals surface area contributed by atoms with E-state index in [1.807, 2.05) is 24.3 Å². The first-order chi connectivity index (χ1) is 10.2. The van der Waals surface area contributed by atoms with Crippen LogP contribution in [0.15, 0.2) is 35.9 Å². The van der Waals surface area contributed by atoms with Crippen molar-refractivity contribution >= 4 is 0 Å². The Morgan fingerprint density at radius 3 is 2.62 bits per heavy atom. The summed E-state index contributed by atoms with van der Waals surface area (Å²) in [4.78, 5) is 0. The molecule has 0 aliphatic rings. The van der Waals surface area contributed by atoms with Crippen LogP contribution in [0.4, 0.5) is 0 Å². The third kappa shape index (κ3) is 7.88. The zero-order chi connectivity index (χ0) is 15.5. The van der Waals surface area contributed by atoms with Crippen molar-refractivity contribution < 1.29 is 14.6 Å². The molecule has 21 heavy (non-hydrogen) atoms. The van der Waals surface area contributed by atoms with Gasteiger partial charge in [0.1, 0.15) is 5.75 Å². The molecule has 0 aromatic heterocycles. The van der Waals surface area contributed by atoms with Gasteiger partial charge in [0.2, 0.25) is 0 Å². The Labute approximate surface area is 128 Å². The van der Waals surface area contributed by atoms with Crippen molar-refractivity contribution in [2.24, 2.45) is 5.92 Å². The molecule has 0 saturated heterocycles. The zero-order valence-corrected chi connectivity index (χ0v) is 13.5. The molecule has 0 aliphatic heterocycles. The van der Waals surface area contributed by atoms with Gasteiger partial charge in [0, 0.05) is 6.61 Å². The summed E-state index contributed by atoms with van der Waals surface area (Å²) in [5.74, 6) is 1.27. The van der Waals surface area contributed by atoms with Crippen molar-refractivity contribution in [2.75, 3.05) is 20.3 Å². The van der Waals surface area contributed by atoms with Crippen LogP contribution in [0.3, 0.4) is 0 Å². The summed E-state index contributed by atoms with van der Waals surface area (Å²) in [6.45, 7) is 5.77. The Kier molecular flexibility index (Phi) is 8.79. The van der Waals surface area contributed by atoms with Crippen LogP contribution in [0.25, 0.3) is 0 Å². The molecule has 3 nitrogen and oxygen atoms in total. The second-order valence-corrected chi connectivity index (χ2v) is 5.59. The molecule has 0 radical (unpaired) electrons. The molecule has 0 fully saturated rings. The number of ether oxygens (including phenoxy) is 2. The predicted molar refractivity (Wildman–Crippen MR) is 86.5 cm³/mol. The van der Waals surface area contributed by atoms with Crippen molar-refractivity contribution in [1.82, 2.24) is 0 Å². The van der Waals surface area contributed by atoms with Crippen LogP contribution in [0.5, 0.6) is 5.75 Å². The highest BCUT2D eigenvalue weighted by molar-refractivity contribution is 5.26. The van der Waals surface area contributed by atoms with E-state index in [4.69, 9.17) is 14.6 Å². The lowest BCUT2D eigenvalue weighted by molar-refractivity contribution is 0.148. The Bertz CT molecular complexity index is 409. The number of hydrogen-bond acceptors (Lipinski definition) is 3. The summed E-state index contributed by atoms with van der Waals surface area (Å²) < 4.78 is 10.8. The minimum Gasteiger partial charge on any atom is -0.497 e. The largest absolute Gasteiger partial charge is 0.497 e. The summed E-state index contributed by atoms with van der Waals surface area (Å²) >= 11 is 0. The lowest BCUT2D eigenvalue weighted by Gasteiger charge is -2.07. The van der Waals surface area contributed by atoms with Crippen molar-refractivity contribution in [3.8, 4) is 5.75 Å². The van der Waals surface area contributed by atoms with Crippen LogP contribution >= 0.6 is 0 Å². The molecule has 0 spiro atoms. The number of aliphatic hydroxyl groups excluding tert-OH is 1. The van der Waals surface area contributed by atoms with E-state index in [0.29, 0.717) is 19.1 Å². The Hall–Kier alpha value is -1.32. The van der Waals surface area contributed by atoms with Crippen LogP contribution in [0.1, 0.15) is 38.7 Å². The van der Waals surface area contributed by atoms with E-state index < -0.39 is 0 Å². The number of hydrogen-bond donors (Lipinski definition) is 1. The smallest absolute Gasteiger partial charge is 0.118 e. The molecule has 1 aromatic rings. The standard InChI is InChI=1S/C18H28O3/c1-15(5-4-6-16(2)13-19)11-12-21-14-17-7-9-18(20-3)10-8-17/h7-11,16,19H,4-6,12-14H2,1-3H3/b15-11+/t16-/m1/s1. The van der Waals surface area contributed by atoms with Gasteiger partial charge in [-0.3, -0.25) is 0 Å². The minimum atomic E-state index is 0.285. The van der Waals surface area contributed by atoms with Gasteiger partial charge in [-0.05, 0) is 49.8 Å². The fourth-order valence-electron chi connectivity index (χ4n) is 2.02.